The van der Waals surface area contributed by atoms with Gasteiger partial charge < -0.3 is 19.5 Å². The Morgan fingerprint density at radius 1 is 0.971 bits per heavy atom. The molecule has 0 fully saturated rings. The lowest BCUT2D eigenvalue weighted by molar-refractivity contribution is -0.124. The Kier molecular flexibility index (Phi) is 8.48. The average molecular weight is 500 g/mol. The highest BCUT2D eigenvalue weighted by Crippen LogP contribution is 2.34. The molecule has 3 aromatic rings. The van der Waals surface area contributed by atoms with Crippen molar-refractivity contribution in [1.82, 2.24) is 9.97 Å². The van der Waals surface area contributed by atoms with Crippen LogP contribution in [-0.2, 0) is 19.0 Å². The van der Waals surface area contributed by atoms with Crippen molar-refractivity contribution in [2.45, 2.75) is 40.2 Å². The highest BCUT2D eigenvalue weighted by atomic mass is 32.1. The van der Waals surface area contributed by atoms with E-state index in [1.54, 1.807) is 39.8 Å². The Labute approximate surface area is 205 Å². The fourth-order valence-corrected chi connectivity index (χ4v) is 4.40. The van der Waals surface area contributed by atoms with Gasteiger partial charge in [-0.25, -0.2) is 14.4 Å². The molecular formula is C24H25N3O7S. The smallest absolute Gasteiger partial charge is 0.348 e. The quantitative estimate of drug-likeness (QED) is 0.343. The third-order valence-corrected chi connectivity index (χ3v) is 6.14. The van der Waals surface area contributed by atoms with E-state index in [9.17, 15) is 19.2 Å². The Morgan fingerprint density at radius 3 is 2.34 bits per heavy atom. The minimum Gasteiger partial charge on any atom is -0.462 e. The second-order valence-corrected chi connectivity index (χ2v) is 8.24. The Morgan fingerprint density at radius 2 is 1.66 bits per heavy atom. The first-order valence-corrected chi connectivity index (χ1v) is 11.8. The molecule has 35 heavy (non-hydrogen) atoms. The molecule has 0 bridgehead atoms. The average Bonchev–Trinajstić information content (AvgIpc) is 3.17. The topological polar surface area (TPSA) is 134 Å². The molecule has 0 aliphatic heterocycles. The van der Waals surface area contributed by atoms with Gasteiger partial charge in [0.15, 0.2) is 6.10 Å². The van der Waals surface area contributed by atoms with Gasteiger partial charge in [-0.05, 0) is 44.9 Å². The van der Waals surface area contributed by atoms with E-state index >= 15 is 0 Å². The number of para-hydroxylation sites is 1. The minimum atomic E-state index is -1.17. The first-order valence-electron chi connectivity index (χ1n) is 11.0. The maximum absolute atomic E-state index is 13.0. The SMILES string of the molecule is CCOC(=O)c1sc(NC(=O)C(CC)OC(=O)c2cccc3nccnc23)c(C(=O)OCC)c1C. The summed E-state index contributed by atoms with van der Waals surface area (Å²) < 4.78 is 15.6. The summed E-state index contributed by atoms with van der Waals surface area (Å²) in [4.78, 5) is 59.3. The standard InChI is InChI=1S/C24H25N3O7S/c1-5-16(34-22(29)14-9-8-10-15-18(14)26-12-11-25-15)20(28)27-21-17(23(30)32-6-2)13(4)19(35-21)24(31)33-7-3/h8-12,16H,5-7H2,1-4H3,(H,27,28). The van der Waals surface area contributed by atoms with Crippen LogP contribution in [0.4, 0.5) is 5.00 Å². The molecule has 1 aromatic carbocycles. The molecule has 184 valence electrons. The molecule has 0 saturated carbocycles. The van der Waals surface area contributed by atoms with Crippen LogP contribution in [0.3, 0.4) is 0 Å². The van der Waals surface area contributed by atoms with Crippen molar-refractivity contribution in [2.75, 3.05) is 18.5 Å². The minimum absolute atomic E-state index is 0.0544. The molecule has 0 radical (unpaired) electrons. The Bertz CT molecular complexity index is 1270. The van der Waals surface area contributed by atoms with Gasteiger partial charge in [0.1, 0.15) is 15.4 Å². The van der Waals surface area contributed by atoms with E-state index in [4.69, 9.17) is 14.2 Å². The number of amides is 1. The number of benzene rings is 1. The summed E-state index contributed by atoms with van der Waals surface area (Å²) >= 11 is 0.896. The molecule has 1 N–H and O–H groups in total. The zero-order chi connectivity index (χ0) is 25.5. The fourth-order valence-electron chi connectivity index (χ4n) is 3.31. The normalized spacial score (nSPS) is 11.5. The zero-order valence-corrected chi connectivity index (χ0v) is 20.6. The Hall–Kier alpha value is -3.86. The van der Waals surface area contributed by atoms with Crippen LogP contribution < -0.4 is 5.32 Å². The molecule has 0 saturated heterocycles. The number of hydrogen-bond donors (Lipinski definition) is 1. The molecule has 11 heteroatoms. The van der Waals surface area contributed by atoms with Crippen LogP contribution in [0.2, 0.25) is 0 Å². The van der Waals surface area contributed by atoms with Crippen LogP contribution in [-0.4, -0.2) is 53.1 Å². The predicted octanol–water partition coefficient (Wildman–Crippen LogP) is 3.93. The largest absolute Gasteiger partial charge is 0.462 e. The van der Waals surface area contributed by atoms with Crippen LogP contribution in [0.25, 0.3) is 11.0 Å². The summed E-state index contributed by atoms with van der Waals surface area (Å²) in [6.07, 6.45) is 1.96. The first-order chi connectivity index (χ1) is 16.8. The van der Waals surface area contributed by atoms with Crippen molar-refractivity contribution in [1.29, 1.82) is 0 Å². The first kappa shape index (κ1) is 25.8. The third kappa shape index (κ3) is 5.62. The van der Waals surface area contributed by atoms with E-state index in [2.05, 4.69) is 15.3 Å². The third-order valence-electron chi connectivity index (χ3n) is 4.95. The van der Waals surface area contributed by atoms with Gasteiger partial charge in [-0.1, -0.05) is 13.0 Å². The fraction of sp³-hybridized carbons (Fsp3) is 0.333. The second-order valence-electron chi connectivity index (χ2n) is 7.22. The highest BCUT2D eigenvalue weighted by Gasteiger charge is 2.30. The summed E-state index contributed by atoms with van der Waals surface area (Å²) in [6, 6.07) is 4.89. The van der Waals surface area contributed by atoms with Gasteiger partial charge in [0.2, 0.25) is 0 Å². The molecule has 0 aliphatic carbocycles. The number of esters is 3. The monoisotopic (exact) mass is 499 g/mol. The van der Waals surface area contributed by atoms with Gasteiger partial charge in [0.25, 0.3) is 5.91 Å². The van der Waals surface area contributed by atoms with Gasteiger partial charge in [0, 0.05) is 12.4 Å². The van der Waals surface area contributed by atoms with Crippen molar-refractivity contribution in [2.24, 2.45) is 0 Å². The van der Waals surface area contributed by atoms with E-state index in [0.29, 0.717) is 16.6 Å². The van der Waals surface area contributed by atoms with E-state index in [0.717, 1.165) is 11.3 Å². The summed E-state index contributed by atoms with van der Waals surface area (Å²) in [5, 5.41) is 2.73. The predicted molar refractivity (Wildman–Crippen MR) is 129 cm³/mol. The number of carbonyl (C=O) groups excluding carboxylic acids is 4. The second kappa shape index (κ2) is 11.5. The van der Waals surface area contributed by atoms with Crippen molar-refractivity contribution in [3.8, 4) is 0 Å². The zero-order valence-electron chi connectivity index (χ0n) is 19.7. The van der Waals surface area contributed by atoms with Crippen molar-refractivity contribution < 1.29 is 33.4 Å². The molecule has 2 aromatic heterocycles. The lowest BCUT2D eigenvalue weighted by Crippen LogP contribution is -2.32. The molecule has 2 heterocycles. The van der Waals surface area contributed by atoms with Crippen molar-refractivity contribution in [3.05, 3.63) is 52.2 Å². The van der Waals surface area contributed by atoms with Crippen LogP contribution in [0.15, 0.2) is 30.6 Å². The lowest BCUT2D eigenvalue weighted by atomic mass is 10.1. The van der Waals surface area contributed by atoms with Gasteiger partial charge in [-0.2, -0.15) is 0 Å². The summed E-state index contributed by atoms with van der Waals surface area (Å²) in [5.41, 5.74) is 1.43. The van der Waals surface area contributed by atoms with Crippen LogP contribution >= 0.6 is 11.3 Å². The summed E-state index contributed by atoms with van der Waals surface area (Å²) in [7, 11) is 0. The van der Waals surface area contributed by atoms with E-state index < -0.39 is 29.9 Å². The van der Waals surface area contributed by atoms with Crippen LogP contribution in [0.1, 0.15) is 63.1 Å². The number of anilines is 1. The maximum atomic E-state index is 13.0. The molecule has 0 spiro atoms. The van der Waals surface area contributed by atoms with Crippen LogP contribution in [0, 0.1) is 6.92 Å². The molecule has 1 unspecified atom stereocenters. The highest BCUT2D eigenvalue weighted by molar-refractivity contribution is 7.18. The van der Waals surface area contributed by atoms with Crippen LogP contribution in [0.5, 0.6) is 0 Å². The van der Waals surface area contributed by atoms with Gasteiger partial charge in [-0.15, -0.1) is 11.3 Å². The number of hydrogen-bond acceptors (Lipinski definition) is 10. The van der Waals surface area contributed by atoms with Crippen molar-refractivity contribution >= 4 is 51.2 Å². The number of carbonyl (C=O) groups is 4. The number of ether oxygens (including phenoxy) is 3. The molecule has 1 amide bonds. The Balaban J connectivity index is 1.86. The van der Waals surface area contributed by atoms with E-state index in [1.165, 1.54) is 18.5 Å². The van der Waals surface area contributed by atoms with E-state index in [1.807, 2.05) is 0 Å². The maximum Gasteiger partial charge on any atom is 0.348 e. The van der Waals surface area contributed by atoms with E-state index in [-0.39, 0.29) is 40.6 Å². The number of nitrogens with one attached hydrogen (secondary N) is 1. The van der Waals surface area contributed by atoms with Gasteiger partial charge in [0.05, 0.1) is 29.9 Å². The molecule has 1 atom stereocenters. The summed E-state index contributed by atoms with van der Waals surface area (Å²) in [5.74, 6) is -2.70. The molecule has 10 nitrogen and oxygen atoms in total. The molecule has 3 rings (SSSR count). The summed E-state index contributed by atoms with van der Waals surface area (Å²) in [6.45, 7) is 6.82. The lowest BCUT2D eigenvalue weighted by Gasteiger charge is -2.16. The molecule has 0 aliphatic rings. The number of rotatable bonds is 9. The number of nitrogens with zero attached hydrogens (tertiary/aromatic N) is 2. The van der Waals surface area contributed by atoms with Crippen molar-refractivity contribution in [3.63, 3.8) is 0 Å². The number of aromatic nitrogens is 2. The number of thiophene rings is 1. The molecular weight excluding hydrogens is 474 g/mol. The van der Waals surface area contributed by atoms with Gasteiger partial charge in [-0.3, -0.25) is 14.8 Å². The number of fused-ring (bicyclic) bond motifs is 1. The van der Waals surface area contributed by atoms with Gasteiger partial charge >= 0.3 is 17.9 Å².